The number of carbonyl (C=O) groups is 2. The number of epoxide rings is 1. The van der Waals surface area contributed by atoms with E-state index in [0.717, 1.165) is 19.3 Å². The van der Waals surface area contributed by atoms with Crippen LogP contribution in [0.25, 0.3) is 0 Å². The van der Waals surface area contributed by atoms with Crippen LogP contribution in [0, 0.1) is 0 Å². The summed E-state index contributed by atoms with van der Waals surface area (Å²) in [6.07, 6.45) is 3.96. The molecule has 1 aliphatic carbocycles. The first kappa shape index (κ1) is 12.7. The number of ether oxygens (including phenoxy) is 2. The Morgan fingerprint density at radius 2 is 2.12 bits per heavy atom. The van der Waals surface area contributed by atoms with Crippen LogP contribution in [0.3, 0.4) is 0 Å². The van der Waals surface area contributed by atoms with Gasteiger partial charge in [0, 0.05) is 12.0 Å². The van der Waals surface area contributed by atoms with Gasteiger partial charge in [0.05, 0.1) is 12.2 Å². The van der Waals surface area contributed by atoms with E-state index in [1.165, 1.54) is 6.92 Å². The predicted molar refractivity (Wildman–Crippen MR) is 55.9 cm³/mol. The third-order valence-electron chi connectivity index (χ3n) is 2.57. The first-order chi connectivity index (χ1) is 7.54. The first-order valence-electron chi connectivity index (χ1n) is 5.18. The standard InChI is InChI=1S/C7H10O3.C4H6O2/c8-4-9-5-1-2-6-7(3-5)10-6;1-3(2)4(5)6/h4-7H,1-3H2;1H2,2H3,(H,5,6). The number of hydrogen-bond donors (Lipinski definition) is 1. The quantitative estimate of drug-likeness (QED) is 0.445. The summed E-state index contributed by atoms with van der Waals surface area (Å²) in [7, 11) is 0. The van der Waals surface area contributed by atoms with Gasteiger partial charge in [-0.3, -0.25) is 4.79 Å². The van der Waals surface area contributed by atoms with Crippen molar-refractivity contribution in [3.63, 3.8) is 0 Å². The molecule has 1 saturated heterocycles. The normalized spacial score (nSPS) is 30.2. The number of rotatable bonds is 3. The number of fused-ring (bicyclic) bond motifs is 1. The molecule has 0 amide bonds. The minimum Gasteiger partial charge on any atom is -0.478 e. The Hall–Kier alpha value is -1.36. The summed E-state index contributed by atoms with van der Waals surface area (Å²) in [5.74, 6) is -0.935. The van der Waals surface area contributed by atoms with Crippen LogP contribution >= 0.6 is 0 Å². The topological polar surface area (TPSA) is 76.1 Å². The summed E-state index contributed by atoms with van der Waals surface area (Å²) in [6, 6.07) is 0. The minimum absolute atomic E-state index is 0.126. The number of hydrogen-bond acceptors (Lipinski definition) is 4. The maximum atomic E-state index is 9.93. The molecule has 90 valence electrons. The van der Waals surface area contributed by atoms with E-state index in [1.54, 1.807) is 0 Å². The van der Waals surface area contributed by atoms with Crippen LogP contribution in [-0.2, 0) is 19.1 Å². The van der Waals surface area contributed by atoms with Crippen molar-refractivity contribution in [2.24, 2.45) is 0 Å². The summed E-state index contributed by atoms with van der Waals surface area (Å²) in [5.41, 5.74) is 0.176. The number of carbonyl (C=O) groups excluding carboxylic acids is 1. The molecule has 1 aliphatic heterocycles. The minimum atomic E-state index is -0.935. The summed E-state index contributed by atoms with van der Waals surface area (Å²) in [4.78, 5) is 19.5. The van der Waals surface area contributed by atoms with Crippen molar-refractivity contribution >= 4 is 12.4 Å². The van der Waals surface area contributed by atoms with Crippen molar-refractivity contribution in [2.45, 2.75) is 44.5 Å². The van der Waals surface area contributed by atoms with Crippen molar-refractivity contribution in [3.05, 3.63) is 12.2 Å². The summed E-state index contributed by atoms with van der Waals surface area (Å²) in [6.45, 7) is 5.14. The molecule has 16 heavy (non-hydrogen) atoms. The molecular formula is C11H16O5. The fourth-order valence-electron chi connectivity index (χ4n) is 1.57. The molecule has 0 aromatic rings. The number of carboxylic acids is 1. The van der Waals surface area contributed by atoms with Gasteiger partial charge >= 0.3 is 5.97 Å². The van der Waals surface area contributed by atoms with E-state index in [2.05, 4.69) is 6.58 Å². The van der Waals surface area contributed by atoms with Gasteiger partial charge in [-0.1, -0.05) is 6.58 Å². The molecule has 3 unspecified atom stereocenters. The van der Waals surface area contributed by atoms with Crippen molar-refractivity contribution in [1.29, 1.82) is 0 Å². The van der Waals surface area contributed by atoms with Gasteiger partial charge < -0.3 is 14.6 Å². The van der Waals surface area contributed by atoms with E-state index in [-0.39, 0.29) is 11.7 Å². The van der Waals surface area contributed by atoms with E-state index < -0.39 is 5.97 Å². The number of carboxylic acid groups (broad SMARTS) is 1. The molecule has 0 aromatic heterocycles. The van der Waals surface area contributed by atoms with Crippen molar-refractivity contribution < 1.29 is 24.2 Å². The van der Waals surface area contributed by atoms with Crippen LogP contribution in [0.1, 0.15) is 26.2 Å². The Morgan fingerprint density at radius 1 is 1.50 bits per heavy atom. The Bertz CT molecular complexity index is 274. The maximum absolute atomic E-state index is 9.93. The van der Waals surface area contributed by atoms with Gasteiger partial charge in [-0.25, -0.2) is 4.79 Å². The Morgan fingerprint density at radius 3 is 2.56 bits per heavy atom. The van der Waals surface area contributed by atoms with Crippen molar-refractivity contribution in [2.75, 3.05) is 0 Å². The SMILES string of the molecule is C=C(C)C(=O)O.O=COC1CCC2OC2C1. The fourth-order valence-corrected chi connectivity index (χ4v) is 1.57. The third kappa shape index (κ3) is 4.02. The summed E-state index contributed by atoms with van der Waals surface area (Å²) >= 11 is 0. The van der Waals surface area contributed by atoms with Crippen LogP contribution in [0.4, 0.5) is 0 Å². The lowest BCUT2D eigenvalue weighted by molar-refractivity contribution is -0.134. The van der Waals surface area contributed by atoms with Crippen LogP contribution < -0.4 is 0 Å². The molecule has 3 atom stereocenters. The van der Waals surface area contributed by atoms with E-state index in [4.69, 9.17) is 14.6 Å². The van der Waals surface area contributed by atoms with Crippen molar-refractivity contribution in [1.82, 2.24) is 0 Å². The van der Waals surface area contributed by atoms with Crippen LogP contribution in [-0.4, -0.2) is 35.9 Å². The lowest BCUT2D eigenvalue weighted by atomic mass is 9.98. The molecule has 1 saturated carbocycles. The van der Waals surface area contributed by atoms with Gasteiger partial charge in [-0.05, 0) is 19.8 Å². The van der Waals surface area contributed by atoms with Gasteiger partial charge in [0.1, 0.15) is 6.10 Å². The Balaban J connectivity index is 0.000000187. The zero-order valence-electron chi connectivity index (χ0n) is 9.22. The van der Waals surface area contributed by atoms with Crippen LogP contribution in [0.15, 0.2) is 12.2 Å². The van der Waals surface area contributed by atoms with E-state index >= 15 is 0 Å². The van der Waals surface area contributed by atoms with Crippen LogP contribution in [0.2, 0.25) is 0 Å². The fraction of sp³-hybridized carbons (Fsp3) is 0.636. The highest BCUT2D eigenvalue weighted by atomic mass is 16.6. The molecule has 5 heteroatoms. The van der Waals surface area contributed by atoms with Gasteiger partial charge in [-0.2, -0.15) is 0 Å². The summed E-state index contributed by atoms with van der Waals surface area (Å²) in [5, 5.41) is 7.89. The molecule has 2 aliphatic rings. The van der Waals surface area contributed by atoms with Gasteiger partial charge in [0.25, 0.3) is 6.47 Å². The molecule has 1 heterocycles. The van der Waals surface area contributed by atoms with Gasteiger partial charge in [0.2, 0.25) is 0 Å². The average Bonchev–Trinajstić information content (AvgIpc) is 2.97. The zero-order valence-corrected chi connectivity index (χ0v) is 9.22. The molecule has 0 spiro atoms. The van der Waals surface area contributed by atoms with Crippen molar-refractivity contribution in [3.8, 4) is 0 Å². The molecule has 5 nitrogen and oxygen atoms in total. The smallest absolute Gasteiger partial charge is 0.330 e. The first-order valence-corrected chi connectivity index (χ1v) is 5.18. The Labute approximate surface area is 94.0 Å². The monoisotopic (exact) mass is 228 g/mol. The van der Waals surface area contributed by atoms with Gasteiger partial charge in [0.15, 0.2) is 0 Å². The molecule has 0 aromatic carbocycles. The Kier molecular flexibility index (Phi) is 4.49. The van der Waals surface area contributed by atoms with Crippen LogP contribution in [0.5, 0.6) is 0 Å². The second-order valence-corrected chi connectivity index (χ2v) is 3.97. The van der Waals surface area contributed by atoms with Gasteiger partial charge in [-0.15, -0.1) is 0 Å². The lowest BCUT2D eigenvalue weighted by Crippen LogP contribution is -2.20. The molecular weight excluding hydrogens is 212 g/mol. The average molecular weight is 228 g/mol. The molecule has 0 radical (unpaired) electrons. The maximum Gasteiger partial charge on any atom is 0.330 e. The molecule has 0 bridgehead atoms. The zero-order chi connectivity index (χ0) is 12.1. The third-order valence-corrected chi connectivity index (χ3v) is 2.57. The molecule has 2 rings (SSSR count). The van der Waals surface area contributed by atoms with E-state index in [1.807, 2.05) is 0 Å². The molecule has 1 N–H and O–H groups in total. The molecule has 2 fully saturated rings. The second-order valence-electron chi connectivity index (χ2n) is 3.97. The summed E-state index contributed by atoms with van der Waals surface area (Å²) < 4.78 is 10.1. The van der Waals surface area contributed by atoms with E-state index in [9.17, 15) is 9.59 Å². The highest BCUT2D eigenvalue weighted by Crippen LogP contribution is 2.37. The van der Waals surface area contributed by atoms with E-state index in [0.29, 0.717) is 18.7 Å². The second kappa shape index (κ2) is 5.65. The largest absolute Gasteiger partial charge is 0.478 e. The number of aliphatic carboxylic acids is 1. The highest BCUT2D eigenvalue weighted by molar-refractivity contribution is 5.84. The predicted octanol–water partition coefficient (Wildman–Crippen LogP) is 1.13. The lowest BCUT2D eigenvalue weighted by Gasteiger charge is -2.15. The highest BCUT2D eigenvalue weighted by Gasteiger charge is 2.44.